The van der Waals surface area contributed by atoms with E-state index in [4.69, 9.17) is 16.3 Å². The summed E-state index contributed by atoms with van der Waals surface area (Å²) in [5.41, 5.74) is 2.68. The van der Waals surface area contributed by atoms with Gasteiger partial charge in [0.15, 0.2) is 0 Å². The number of ether oxygens (including phenoxy) is 1. The number of hydrogen-bond donors (Lipinski definition) is 1. The number of amides is 3. The number of imide groups is 1. The van der Waals surface area contributed by atoms with E-state index in [1.54, 1.807) is 25.3 Å². The number of nitrogens with one attached hydrogen (secondary N) is 1. The van der Waals surface area contributed by atoms with Crippen molar-refractivity contribution < 1.29 is 19.1 Å². The number of benzene rings is 2. The van der Waals surface area contributed by atoms with Gasteiger partial charge in [0.25, 0.3) is 5.91 Å². The van der Waals surface area contributed by atoms with Crippen LogP contribution in [0.5, 0.6) is 5.75 Å². The normalized spacial score (nSPS) is 24.0. The number of rotatable bonds is 5. The van der Waals surface area contributed by atoms with Crippen molar-refractivity contribution in [1.29, 1.82) is 0 Å². The Morgan fingerprint density at radius 1 is 1.00 bits per heavy atom. The van der Waals surface area contributed by atoms with E-state index in [1.165, 1.54) is 4.90 Å². The molecule has 3 amide bonds. The highest BCUT2D eigenvalue weighted by Gasteiger charge is 2.49. The van der Waals surface area contributed by atoms with E-state index >= 15 is 0 Å². The Morgan fingerprint density at radius 2 is 1.71 bits per heavy atom. The van der Waals surface area contributed by atoms with Gasteiger partial charge in [0, 0.05) is 29.7 Å². The lowest BCUT2D eigenvalue weighted by molar-refractivity contribution is -0.122. The van der Waals surface area contributed by atoms with Gasteiger partial charge in [-0.2, -0.15) is 0 Å². The molecule has 1 saturated carbocycles. The maximum Gasteiger partial charge on any atom is 0.251 e. The van der Waals surface area contributed by atoms with Crippen LogP contribution in [-0.4, -0.2) is 44.0 Å². The molecule has 7 nitrogen and oxygen atoms in total. The average Bonchev–Trinajstić information content (AvgIpc) is 3.42. The SMILES string of the molecule is COc1ccc(Cl)cc1N1CC[C@H](NC(=O)c2ccc(C)c(N3C(=O)[C@H]4CCCC[C@H]4C3=O)c2)C1. The zero-order valence-corrected chi connectivity index (χ0v) is 20.8. The van der Waals surface area contributed by atoms with Crippen molar-refractivity contribution in [2.24, 2.45) is 11.8 Å². The van der Waals surface area contributed by atoms with Gasteiger partial charge >= 0.3 is 0 Å². The molecule has 2 aromatic rings. The molecule has 35 heavy (non-hydrogen) atoms. The van der Waals surface area contributed by atoms with Gasteiger partial charge in [0.05, 0.1) is 30.3 Å². The number of aryl methyl sites for hydroxylation is 1. The number of carbonyl (C=O) groups excluding carboxylic acids is 3. The predicted molar refractivity (Wildman–Crippen MR) is 135 cm³/mol. The van der Waals surface area contributed by atoms with E-state index in [2.05, 4.69) is 10.2 Å². The summed E-state index contributed by atoms with van der Waals surface area (Å²) in [6.45, 7) is 3.26. The van der Waals surface area contributed by atoms with Crippen LogP contribution in [0.3, 0.4) is 0 Å². The molecule has 0 spiro atoms. The molecule has 0 radical (unpaired) electrons. The lowest BCUT2D eigenvalue weighted by Gasteiger charge is -2.22. The summed E-state index contributed by atoms with van der Waals surface area (Å²) in [5.74, 6) is -0.163. The quantitative estimate of drug-likeness (QED) is 0.624. The molecule has 1 N–H and O–H groups in total. The van der Waals surface area contributed by atoms with Crippen molar-refractivity contribution in [1.82, 2.24) is 5.32 Å². The first-order chi connectivity index (χ1) is 16.9. The van der Waals surface area contributed by atoms with E-state index in [9.17, 15) is 14.4 Å². The third-order valence-electron chi connectivity index (χ3n) is 7.56. The maximum atomic E-state index is 13.1. The smallest absolute Gasteiger partial charge is 0.251 e. The number of halogens is 1. The van der Waals surface area contributed by atoms with Gasteiger partial charge in [-0.15, -0.1) is 0 Å². The lowest BCUT2D eigenvalue weighted by atomic mass is 9.81. The van der Waals surface area contributed by atoms with E-state index in [0.29, 0.717) is 22.8 Å². The molecular formula is C27H30ClN3O4. The molecule has 184 valence electrons. The molecule has 3 fully saturated rings. The molecule has 1 aliphatic carbocycles. The average molecular weight is 496 g/mol. The van der Waals surface area contributed by atoms with Crippen LogP contribution < -0.4 is 19.9 Å². The Bertz CT molecular complexity index is 1160. The molecule has 8 heteroatoms. The molecular weight excluding hydrogens is 466 g/mol. The standard InChI is InChI=1S/C27H30ClN3O4/c1-16-7-8-17(13-22(16)31-26(33)20-5-3-4-6-21(20)27(31)34)25(32)29-19-11-12-30(15-19)23-14-18(28)9-10-24(23)35-2/h7-10,13-14,19-21H,3-6,11-12,15H2,1-2H3,(H,29,32)/t19-,20-,21+/m0/s1. The van der Waals surface area contributed by atoms with Gasteiger partial charge < -0.3 is 15.0 Å². The molecule has 2 aromatic carbocycles. The Labute approximate surface area is 210 Å². The summed E-state index contributed by atoms with van der Waals surface area (Å²) < 4.78 is 5.48. The van der Waals surface area contributed by atoms with Gasteiger partial charge in [0.2, 0.25) is 11.8 Å². The van der Waals surface area contributed by atoms with Crippen LogP contribution in [0.25, 0.3) is 0 Å². The van der Waals surface area contributed by atoms with Crippen LogP contribution in [0.15, 0.2) is 36.4 Å². The van der Waals surface area contributed by atoms with Gasteiger partial charge in [-0.1, -0.05) is 30.5 Å². The zero-order valence-electron chi connectivity index (χ0n) is 20.1. The molecule has 5 rings (SSSR count). The minimum atomic E-state index is -0.221. The largest absolute Gasteiger partial charge is 0.495 e. The number of carbonyl (C=O) groups is 3. The first kappa shape index (κ1) is 23.7. The highest BCUT2D eigenvalue weighted by Crippen LogP contribution is 2.41. The van der Waals surface area contributed by atoms with Crippen molar-refractivity contribution in [2.75, 3.05) is 30.0 Å². The highest BCUT2D eigenvalue weighted by molar-refractivity contribution is 6.31. The summed E-state index contributed by atoms with van der Waals surface area (Å²) in [4.78, 5) is 42.8. The number of fused-ring (bicyclic) bond motifs is 1. The Balaban J connectivity index is 1.31. The van der Waals surface area contributed by atoms with Gasteiger partial charge in [-0.25, -0.2) is 4.90 Å². The van der Waals surface area contributed by atoms with E-state index in [1.807, 2.05) is 25.1 Å². The number of nitrogens with zero attached hydrogens (tertiary/aromatic N) is 2. The molecule has 2 heterocycles. The fraction of sp³-hybridized carbons (Fsp3) is 0.444. The van der Waals surface area contributed by atoms with Crippen molar-refractivity contribution in [2.45, 2.75) is 45.1 Å². The fourth-order valence-electron chi connectivity index (χ4n) is 5.67. The molecule has 2 saturated heterocycles. The summed E-state index contributed by atoms with van der Waals surface area (Å²) >= 11 is 6.19. The highest BCUT2D eigenvalue weighted by atomic mass is 35.5. The van der Waals surface area contributed by atoms with Gasteiger partial charge in [-0.3, -0.25) is 14.4 Å². The molecule has 0 unspecified atom stereocenters. The van der Waals surface area contributed by atoms with E-state index in [0.717, 1.165) is 55.6 Å². The monoisotopic (exact) mass is 495 g/mol. The second-order valence-electron chi connectivity index (χ2n) is 9.73. The van der Waals surface area contributed by atoms with Crippen LogP contribution in [0.4, 0.5) is 11.4 Å². The number of hydrogen-bond acceptors (Lipinski definition) is 5. The van der Waals surface area contributed by atoms with Crippen LogP contribution in [0, 0.1) is 18.8 Å². The van der Waals surface area contributed by atoms with Crippen molar-refractivity contribution in [3.8, 4) is 5.75 Å². The Morgan fingerprint density at radius 3 is 2.40 bits per heavy atom. The van der Waals surface area contributed by atoms with Crippen molar-refractivity contribution in [3.63, 3.8) is 0 Å². The first-order valence-electron chi connectivity index (χ1n) is 12.2. The van der Waals surface area contributed by atoms with Crippen LogP contribution >= 0.6 is 11.6 Å². The Kier molecular flexibility index (Phi) is 6.45. The van der Waals surface area contributed by atoms with Gasteiger partial charge in [0.1, 0.15) is 5.75 Å². The van der Waals surface area contributed by atoms with Crippen molar-refractivity contribution in [3.05, 3.63) is 52.5 Å². The van der Waals surface area contributed by atoms with Crippen molar-refractivity contribution >= 4 is 40.7 Å². The summed E-state index contributed by atoms with van der Waals surface area (Å²) in [7, 11) is 1.63. The predicted octanol–water partition coefficient (Wildman–Crippen LogP) is 4.35. The van der Waals surface area contributed by atoms with E-state index < -0.39 is 0 Å². The topological polar surface area (TPSA) is 79.0 Å². The summed E-state index contributed by atoms with van der Waals surface area (Å²) in [5, 5.41) is 3.74. The minimum Gasteiger partial charge on any atom is -0.495 e. The second kappa shape index (κ2) is 9.53. The summed E-state index contributed by atoms with van der Waals surface area (Å²) in [6.07, 6.45) is 4.28. The van der Waals surface area contributed by atoms with E-state index in [-0.39, 0.29) is 35.6 Å². The number of methoxy groups -OCH3 is 1. The molecule has 0 bridgehead atoms. The first-order valence-corrected chi connectivity index (χ1v) is 12.6. The molecule has 0 aromatic heterocycles. The molecule has 3 aliphatic rings. The maximum absolute atomic E-state index is 13.1. The van der Waals surface area contributed by atoms with Crippen LogP contribution in [-0.2, 0) is 9.59 Å². The fourth-order valence-corrected chi connectivity index (χ4v) is 5.83. The third-order valence-corrected chi connectivity index (χ3v) is 7.79. The van der Waals surface area contributed by atoms with Gasteiger partial charge in [-0.05, 0) is 62.1 Å². The Hall–Kier alpha value is -3.06. The summed E-state index contributed by atoms with van der Waals surface area (Å²) in [6, 6.07) is 10.7. The zero-order chi connectivity index (χ0) is 24.7. The molecule has 3 atom stereocenters. The van der Waals surface area contributed by atoms with Crippen LogP contribution in [0.1, 0.15) is 48.0 Å². The lowest BCUT2D eigenvalue weighted by Crippen LogP contribution is -2.37. The number of anilines is 2. The molecule has 2 aliphatic heterocycles. The minimum absolute atomic E-state index is 0.0474. The third kappa shape index (κ3) is 4.38. The van der Waals surface area contributed by atoms with Crippen LogP contribution in [0.2, 0.25) is 5.02 Å². The second-order valence-corrected chi connectivity index (χ2v) is 10.2.